The lowest BCUT2D eigenvalue weighted by molar-refractivity contribution is -0.136. The van der Waals surface area contributed by atoms with Gasteiger partial charge in [-0.2, -0.15) is 0 Å². The maximum absolute atomic E-state index is 10.8. The fraction of sp³-hybridized carbons (Fsp3) is 0.417. The Morgan fingerprint density at radius 3 is 2.42 bits per heavy atom. The molecular weight excluding hydrogens is 268 g/mol. The Labute approximate surface area is 112 Å². The predicted octanol–water partition coefficient (Wildman–Crippen LogP) is -0.0475. The van der Waals surface area contributed by atoms with E-state index < -0.39 is 16.0 Å². The lowest BCUT2D eigenvalue weighted by atomic mass is 10.0. The summed E-state index contributed by atoms with van der Waals surface area (Å²) >= 11 is 0. The standard InChI is InChI=1S/C12H18N2O4S/c1-19(17,18)14-7-6-13-9-11-5-3-2-4-10(11)8-12(15)16/h2-5,13-14H,6-9H2,1H3,(H,15,16). The number of hydrogen-bond donors (Lipinski definition) is 3. The van der Waals surface area contributed by atoms with E-state index in [1.165, 1.54) is 0 Å². The van der Waals surface area contributed by atoms with E-state index in [9.17, 15) is 13.2 Å². The van der Waals surface area contributed by atoms with Crippen molar-refractivity contribution in [2.45, 2.75) is 13.0 Å². The van der Waals surface area contributed by atoms with Crippen LogP contribution >= 0.6 is 0 Å². The molecule has 1 aromatic rings. The highest BCUT2D eigenvalue weighted by atomic mass is 32.2. The number of aliphatic carboxylic acids is 1. The van der Waals surface area contributed by atoms with Gasteiger partial charge in [0, 0.05) is 19.6 Å². The van der Waals surface area contributed by atoms with E-state index in [1.807, 2.05) is 12.1 Å². The van der Waals surface area contributed by atoms with Crippen molar-refractivity contribution in [2.75, 3.05) is 19.3 Å². The van der Waals surface area contributed by atoms with Gasteiger partial charge in [-0.3, -0.25) is 4.79 Å². The molecule has 0 bridgehead atoms. The molecule has 1 rings (SSSR count). The van der Waals surface area contributed by atoms with Gasteiger partial charge >= 0.3 is 5.97 Å². The molecule has 1 aromatic carbocycles. The summed E-state index contributed by atoms with van der Waals surface area (Å²) in [6, 6.07) is 7.28. The first kappa shape index (κ1) is 15.6. The van der Waals surface area contributed by atoms with Gasteiger partial charge < -0.3 is 10.4 Å². The molecule has 0 aromatic heterocycles. The molecule has 0 aliphatic rings. The average molecular weight is 286 g/mol. The fourth-order valence-electron chi connectivity index (χ4n) is 1.61. The van der Waals surface area contributed by atoms with Crippen molar-refractivity contribution in [1.82, 2.24) is 10.0 Å². The second kappa shape index (κ2) is 7.22. The molecule has 0 saturated heterocycles. The van der Waals surface area contributed by atoms with Crippen LogP contribution in [-0.2, 0) is 27.8 Å². The average Bonchev–Trinajstić information content (AvgIpc) is 2.28. The van der Waals surface area contributed by atoms with E-state index in [2.05, 4.69) is 10.0 Å². The van der Waals surface area contributed by atoms with Crippen molar-refractivity contribution in [3.8, 4) is 0 Å². The number of sulfonamides is 1. The highest BCUT2D eigenvalue weighted by Crippen LogP contribution is 2.09. The smallest absolute Gasteiger partial charge is 0.307 e. The topological polar surface area (TPSA) is 95.5 Å². The molecular formula is C12H18N2O4S. The molecule has 0 spiro atoms. The van der Waals surface area contributed by atoms with Gasteiger partial charge in [-0.05, 0) is 11.1 Å². The first-order valence-corrected chi connectivity index (χ1v) is 7.71. The maximum atomic E-state index is 10.8. The number of hydrogen-bond acceptors (Lipinski definition) is 4. The molecule has 106 valence electrons. The molecule has 0 radical (unpaired) electrons. The Kier molecular flexibility index (Phi) is 5.94. The lowest BCUT2D eigenvalue weighted by Gasteiger charge is -2.09. The minimum Gasteiger partial charge on any atom is -0.481 e. The second-order valence-electron chi connectivity index (χ2n) is 4.18. The normalized spacial score (nSPS) is 11.4. The summed E-state index contributed by atoms with van der Waals surface area (Å²) in [7, 11) is -3.16. The minimum absolute atomic E-state index is 0.0144. The van der Waals surface area contributed by atoms with Gasteiger partial charge in [0.05, 0.1) is 12.7 Å². The van der Waals surface area contributed by atoms with E-state index in [4.69, 9.17) is 5.11 Å². The number of carbonyl (C=O) groups is 1. The van der Waals surface area contributed by atoms with E-state index in [-0.39, 0.29) is 6.42 Å². The number of nitrogens with one attached hydrogen (secondary N) is 2. The van der Waals surface area contributed by atoms with Gasteiger partial charge in [0.1, 0.15) is 0 Å². The molecule has 19 heavy (non-hydrogen) atoms. The zero-order valence-corrected chi connectivity index (χ0v) is 11.5. The Bertz CT molecular complexity index is 528. The Morgan fingerprint density at radius 2 is 1.84 bits per heavy atom. The van der Waals surface area contributed by atoms with E-state index in [0.717, 1.165) is 17.4 Å². The molecule has 3 N–H and O–H groups in total. The van der Waals surface area contributed by atoms with Crippen molar-refractivity contribution in [1.29, 1.82) is 0 Å². The fourth-order valence-corrected chi connectivity index (χ4v) is 2.09. The van der Waals surface area contributed by atoms with Crippen LogP contribution in [0.5, 0.6) is 0 Å². The summed E-state index contributed by atoms with van der Waals surface area (Å²) in [6.45, 7) is 1.29. The molecule has 6 nitrogen and oxygen atoms in total. The summed E-state index contributed by atoms with van der Waals surface area (Å²) in [5.74, 6) is -0.869. The van der Waals surface area contributed by atoms with Gasteiger partial charge in [0.15, 0.2) is 0 Å². The monoisotopic (exact) mass is 286 g/mol. The van der Waals surface area contributed by atoms with Crippen LogP contribution in [0.3, 0.4) is 0 Å². The van der Waals surface area contributed by atoms with Gasteiger partial charge in [-0.25, -0.2) is 13.1 Å². The highest BCUT2D eigenvalue weighted by Gasteiger charge is 2.05. The molecule has 0 aliphatic carbocycles. The van der Waals surface area contributed by atoms with E-state index in [0.29, 0.717) is 19.6 Å². The Balaban J connectivity index is 2.43. The van der Waals surface area contributed by atoms with Crippen molar-refractivity contribution >= 4 is 16.0 Å². The van der Waals surface area contributed by atoms with Crippen molar-refractivity contribution in [3.05, 3.63) is 35.4 Å². The van der Waals surface area contributed by atoms with Gasteiger partial charge in [-0.15, -0.1) is 0 Å². The third-order valence-electron chi connectivity index (χ3n) is 2.44. The van der Waals surface area contributed by atoms with Crippen LogP contribution in [0, 0.1) is 0 Å². The van der Waals surface area contributed by atoms with Gasteiger partial charge in [0.2, 0.25) is 10.0 Å². The highest BCUT2D eigenvalue weighted by molar-refractivity contribution is 7.88. The molecule has 0 aliphatic heterocycles. The van der Waals surface area contributed by atoms with Crippen LogP contribution < -0.4 is 10.0 Å². The number of carboxylic acid groups (broad SMARTS) is 1. The van der Waals surface area contributed by atoms with Crippen molar-refractivity contribution in [2.24, 2.45) is 0 Å². The minimum atomic E-state index is -3.16. The van der Waals surface area contributed by atoms with Crippen LogP contribution in [0.15, 0.2) is 24.3 Å². The third kappa shape index (κ3) is 6.90. The van der Waals surface area contributed by atoms with Gasteiger partial charge in [-0.1, -0.05) is 24.3 Å². The lowest BCUT2D eigenvalue weighted by Crippen LogP contribution is -2.31. The van der Waals surface area contributed by atoms with Crippen LogP contribution in [0.1, 0.15) is 11.1 Å². The Morgan fingerprint density at radius 1 is 1.21 bits per heavy atom. The second-order valence-corrected chi connectivity index (χ2v) is 6.02. The summed E-state index contributed by atoms with van der Waals surface area (Å²) < 4.78 is 24.0. The molecule has 0 heterocycles. The molecule has 7 heteroatoms. The summed E-state index contributed by atoms with van der Waals surface area (Å²) in [5.41, 5.74) is 1.67. The number of carboxylic acids is 1. The Hall–Kier alpha value is -1.44. The number of benzene rings is 1. The quantitative estimate of drug-likeness (QED) is 0.582. The van der Waals surface area contributed by atoms with Crippen LogP contribution in [0.25, 0.3) is 0 Å². The summed E-state index contributed by atoms with van der Waals surface area (Å²) in [6.07, 6.45) is 1.09. The summed E-state index contributed by atoms with van der Waals surface area (Å²) in [4.78, 5) is 10.7. The third-order valence-corrected chi connectivity index (χ3v) is 3.17. The SMILES string of the molecule is CS(=O)(=O)NCCNCc1ccccc1CC(=O)O. The van der Waals surface area contributed by atoms with Crippen LogP contribution in [-0.4, -0.2) is 38.8 Å². The van der Waals surface area contributed by atoms with Crippen molar-refractivity contribution in [3.63, 3.8) is 0 Å². The first-order valence-electron chi connectivity index (χ1n) is 5.82. The van der Waals surface area contributed by atoms with Crippen LogP contribution in [0.4, 0.5) is 0 Å². The molecule has 0 atom stereocenters. The van der Waals surface area contributed by atoms with Crippen LogP contribution in [0.2, 0.25) is 0 Å². The molecule has 0 fully saturated rings. The zero-order chi connectivity index (χ0) is 14.3. The zero-order valence-electron chi connectivity index (χ0n) is 10.7. The molecule has 0 saturated carbocycles. The largest absolute Gasteiger partial charge is 0.481 e. The van der Waals surface area contributed by atoms with Crippen molar-refractivity contribution < 1.29 is 18.3 Å². The molecule has 0 unspecified atom stereocenters. The van der Waals surface area contributed by atoms with E-state index >= 15 is 0 Å². The van der Waals surface area contributed by atoms with Gasteiger partial charge in [0.25, 0.3) is 0 Å². The maximum Gasteiger partial charge on any atom is 0.307 e. The number of rotatable bonds is 8. The predicted molar refractivity (Wildman–Crippen MR) is 72.3 cm³/mol. The summed E-state index contributed by atoms with van der Waals surface area (Å²) in [5, 5.41) is 11.9. The first-order chi connectivity index (χ1) is 8.88. The van der Waals surface area contributed by atoms with E-state index in [1.54, 1.807) is 12.1 Å². The molecule has 0 amide bonds.